The number of pyridine rings is 1. The van der Waals surface area contributed by atoms with Gasteiger partial charge in [0.05, 0.1) is 16.1 Å². The van der Waals surface area contributed by atoms with Gasteiger partial charge in [-0.15, -0.1) is 6.42 Å². The summed E-state index contributed by atoms with van der Waals surface area (Å²) in [4.78, 5) is 31.4. The lowest BCUT2D eigenvalue weighted by molar-refractivity contribution is -0.127. The molecule has 2 saturated carbocycles. The van der Waals surface area contributed by atoms with Crippen molar-refractivity contribution in [3.8, 4) is 23.6 Å². The Balaban J connectivity index is 1.38. The second-order valence-electron chi connectivity index (χ2n) is 10.1. The van der Waals surface area contributed by atoms with Gasteiger partial charge in [-0.3, -0.25) is 9.59 Å². The van der Waals surface area contributed by atoms with Crippen molar-refractivity contribution in [2.45, 2.75) is 61.8 Å². The molecule has 5 rings (SSSR count). The zero-order valence-corrected chi connectivity index (χ0v) is 21.0. The summed E-state index contributed by atoms with van der Waals surface area (Å²) in [6.45, 7) is 0. The van der Waals surface area contributed by atoms with E-state index in [1.807, 2.05) is 0 Å². The number of terminal acetylenes is 1. The zero-order valence-electron chi connectivity index (χ0n) is 20.2. The van der Waals surface area contributed by atoms with E-state index < -0.39 is 21.3 Å². The van der Waals surface area contributed by atoms with Crippen LogP contribution in [0.15, 0.2) is 51.8 Å². The fraction of sp³-hybridized carbons (Fsp3) is 0.393. The van der Waals surface area contributed by atoms with Gasteiger partial charge in [0, 0.05) is 29.0 Å². The highest BCUT2D eigenvalue weighted by Crippen LogP contribution is 2.49. The third-order valence-corrected chi connectivity index (χ3v) is 8.57. The number of hydrogen-bond acceptors (Lipinski definition) is 6. The average molecular weight is 505 g/mol. The second-order valence-corrected chi connectivity index (χ2v) is 12.1. The second kappa shape index (κ2) is 8.90. The number of nitrogens with one attached hydrogen (secondary N) is 1. The van der Waals surface area contributed by atoms with Crippen molar-refractivity contribution in [1.82, 2.24) is 10.3 Å². The number of amides is 1. The van der Waals surface area contributed by atoms with Gasteiger partial charge < -0.3 is 9.73 Å². The Kier molecular flexibility index (Phi) is 6.00. The molecule has 2 aromatic heterocycles. The highest BCUT2D eigenvalue weighted by Gasteiger charge is 2.49. The van der Waals surface area contributed by atoms with Crippen LogP contribution < -0.4 is 5.32 Å². The summed E-state index contributed by atoms with van der Waals surface area (Å²) >= 11 is 0. The summed E-state index contributed by atoms with van der Waals surface area (Å²) in [6.07, 6.45) is 12.8. The first-order valence-corrected chi connectivity index (χ1v) is 14.1. The van der Waals surface area contributed by atoms with Crippen molar-refractivity contribution in [3.63, 3.8) is 0 Å². The maximum atomic E-state index is 13.4. The fourth-order valence-corrected chi connectivity index (χ4v) is 5.60. The van der Waals surface area contributed by atoms with Gasteiger partial charge in [0.1, 0.15) is 0 Å². The van der Waals surface area contributed by atoms with Crippen LogP contribution in [0.4, 0.5) is 0 Å². The lowest BCUT2D eigenvalue weighted by Gasteiger charge is -2.37. The summed E-state index contributed by atoms with van der Waals surface area (Å²) in [5.74, 6) is 2.45. The predicted molar refractivity (Wildman–Crippen MR) is 136 cm³/mol. The Labute approximate surface area is 210 Å². The summed E-state index contributed by atoms with van der Waals surface area (Å²) in [5.41, 5.74) is 0.345. The minimum atomic E-state index is -3.29. The summed E-state index contributed by atoms with van der Waals surface area (Å²) in [7, 11) is -3.29. The van der Waals surface area contributed by atoms with Crippen molar-refractivity contribution in [2.75, 3.05) is 6.26 Å². The smallest absolute Gasteiger partial charge is 0.287 e. The number of Topliss-reactive ketones (excluding diaryl/α,β-unsaturated/α-hetero) is 1. The molecule has 186 valence electrons. The van der Waals surface area contributed by atoms with Crippen molar-refractivity contribution in [3.05, 3.63) is 48.2 Å². The minimum absolute atomic E-state index is 0.0139. The minimum Gasteiger partial charge on any atom is -0.433 e. The lowest BCUT2D eigenvalue weighted by atomic mass is 9.75. The molecular weight excluding hydrogens is 476 g/mol. The van der Waals surface area contributed by atoms with Crippen LogP contribution in [0.1, 0.15) is 61.9 Å². The number of sulfone groups is 1. The molecular formula is C28H28N2O5S. The van der Waals surface area contributed by atoms with Crippen LogP contribution in [-0.4, -0.2) is 36.9 Å². The van der Waals surface area contributed by atoms with Gasteiger partial charge in [0.2, 0.25) is 5.71 Å². The molecule has 36 heavy (non-hydrogen) atoms. The molecule has 1 amide bonds. The Morgan fingerprint density at radius 3 is 2.36 bits per heavy atom. The Bertz CT molecular complexity index is 1480. The SMILES string of the molecule is C#CC1(CC(=O)C2(NC(=O)c3cc4ccc(-c5ccc(S(C)(=O)=O)cc5)nc4o3)CCCCC2)CC1. The highest BCUT2D eigenvalue weighted by atomic mass is 32.2. The molecule has 0 saturated heterocycles. The van der Waals surface area contributed by atoms with E-state index in [0.29, 0.717) is 30.3 Å². The maximum Gasteiger partial charge on any atom is 0.287 e. The van der Waals surface area contributed by atoms with Gasteiger partial charge in [0.25, 0.3) is 5.91 Å². The first-order valence-electron chi connectivity index (χ1n) is 12.2. The quantitative estimate of drug-likeness (QED) is 0.468. The van der Waals surface area contributed by atoms with E-state index in [1.54, 1.807) is 30.3 Å². The molecule has 8 heteroatoms. The molecule has 0 atom stereocenters. The van der Waals surface area contributed by atoms with Gasteiger partial charge in [-0.2, -0.15) is 0 Å². The van der Waals surface area contributed by atoms with Crippen molar-refractivity contribution >= 4 is 32.6 Å². The van der Waals surface area contributed by atoms with Gasteiger partial charge in [-0.25, -0.2) is 13.4 Å². The van der Waals surface area contributed by atoms with E-state index in [0.717, 1.165) is 43.9 Å². The fourth-order valence-electron chi connectivity index (χ4n) is 4.97. The lowest BCUT2D eigenvalue weighted by Crippen LogP contribution is -2.56. The molecule has 0 radical (unpaired) electrons. The summed E-state index contributed by atoms with van der Waals surface area (Å²) < 4.78 is 29.2. The Morgan fingerprint density at radius 1 is 1.06 bits per heavy atom. The normalized spacial score (nSPS) is 18.3. The number of benzene rings is 1. The number of nitrogens with zero attached hydrogens (tertiary/aromatic N) is 1. The molecule has 2 aliphatic rings. The van der Waals surface area contributed by atoms with Crippen LogP contribution in [0.25, 0.3) is 22.4 Å². The number of carbonyl (C=O) groups excluding carboxylic acids is 2. The molecule has 1 aromatic carbocycles. The van der Waals surface area contributed by atoms with Gasteiger partial charge in [-0.1, -0.05) is 37.3 Å². The van der Waals surface area contributed by atoms with Crippen molar-refractivity contribution < 1.29 is 22.4 Å². The number of rotatable bonds is 7. The number of carbonyl (C=O) groups is 2. The van der Waals surface area contributed by atoms with Crippen LogP contribution in [0.5, 0.6) is 0 Å². The number of aromatic nitrogens is 1. The van der Waals surface area contributed by atoms with E-state index in [2.05, 4.69) is 16.2 Å². The Hall–Kier alpha value is -3.44. The molecule has 3 aromatic rings. The number of hydrogen-bond donors (Lipinski definition) is 1. The molecule has 0 aliphatic heterocycles. The molecule has 1 N–H and O–H groups in total. The van der Waals surface area contributed by atoms with Crippen LogP contribution in [0.3, 0.4) is 0 Å². The number of ketones is 1. The summed E-state index contributed by atoms with van der Waals surface area (Å²) in [6, 6.07) is 11.6. The van der Waals surface area contributed by atoms with Gasteiger partial charge in [-0.05, 0) is 56.0 Å². The molecule has 0 bridgehead atoms. The molecule has 2 fully saturated rings. The molecule has 2 heterocycles. The van der Waals surface area contributed by atoms with Crippen LogP contribution in [-0.2, 0) is 14.6 Å². The van der Waals surface area contributed by atoms with Crippen molar-refractivity contribution in [1.29, 1.82) is 0 Å². The van der Waals surface area contributed by atoms with Crippen LogP contribution >= 0.6 is 0 Å². The zero-order chi connectivity index (χ0) is 25.6. The molecule has 0 unspecified atom stereocenters. The average Bonchev–Trinajstić information content (AvgIpc) is 3.51. The highest BCUT2D eigenvalue weighted by molar-refractivity contribution is 7.90. The molecule has 2 aliphatic carbocycles. The van der Waals surface area contributed by atoms with Crippen LogP contribution in [0.2, 0.25) is 0 Å². The van der Waals surface area contributed by atoms with E-state index in [4.69, 9.17) is 10.8 Å². The van der Waals surface area contributed by atoms with E-state index in [-0.39, 0.29) is 27.6 Å². The predicted octanol–water partition coefficient (Wildman–Crippen LogP) is 4.70. The number of furan rings is 1. The molecule has 7 nitrogen and oxygen atoms in total. The van der Waals surface area contributed by atoms with Gasteiger partial charge in [0.15, 0.2) is 21.4 Å². The first kappa shape index (κ1) is 24.3. The third kappa shape index (κ3) is 4.68. The molecule has 0 spiro atoms. The van der Waals surface area contributed by atoms with Gasteiger partial charge >= 0.3 is 0 Å². The maximum absolute atomic E-state index is 13.4. The Morgan fingerprint density at radius 2 is 1.75 bits per heavy atom. The van der Waals surface area contributed by atoms with E-state index in [9.17, 15) is 18.0 Å². The standard InChI is InChI=1S/C28H28N2O5S/c1-3-27(15-16-27)18-24(31)28(13-5-4-6-14-28)30-25(32)23-17-20-9-12-22(29-26(20)35-23)19-7-10-21(11-8-19)36(2,33)34/h1,7-12,17H,4-6,13-16,18H2,2H3,(H,30,32). The largest absolute Gasteiger partial charge is 0.433 e. The van der Waals surface area contributed by atoms with E-state index in [1.165, 1.54) is 12.1 Å². The van der Waals surface area contributed by atoms with E-state index >= 15 is 0 Å². The monoisotopic (exact) mass is 504 g/mol. The third-order valence-electron chi connectivity index (χ3n) is 7.44. The number of fused-ring (bicyclic) bond motifs is 1. The van der Waals surface area contributed by atoms with Crippen LogP contribution in [0, 0.1) is 17.8 Å². The topological polar surface area (TPSA) is 106 Å². The first-order chi connectivity index (χ1) is 17.1. The summed E-state index contributed by atoms with van der Waals surface area (Å²) in [5, 5.41) is 3.67. The van der Waals surface area contributed by atoms with Crippen molar-refractivity contribution in [2.24, 2.45) is 5.41 Å².